The molecule has 0 aliphatic carbocycles. The maximum Gasteiger partial charge on any atom is 0.172 e. The zero-order valence-electron chi connectivity index (χ0n) is 6.34. The third kappa shape index (κ3) is 1.52. The Labute approximate surface area is 64.9 Å². The molecule has 1 aliphatic rings. The highest BCUT2D eigenvalue weighted by molar-refractivity contribution is 4.91. The second-order valence-corrected chi connectivity index (χ2v) is 2.88. The minimum Gasteiger partial charge on any atom is -0.390 e. The van der Waals surface area contributed by atoms with E-state index in [0.717, 1.165) is 0 Å². The lowest BCUT2D eigenvalue weighted by atomic mass is 9.97. The van der Waals surface area contributed by atoms with Crippen LogP contribution < -0.4 is 11.5 Å². The summed E-state index contributed by atoms with van der Waals surface area (Å²) in [6, 6.07) is -1.32. The van der Waals surface area contributed by atoms with Gasteiger partial charge in [0.1, 0.15) is 0 Å². The van der Waals surface area contributed by atoms with Crippen molar-refractivity contribution >= 4 is 0 Å². The second-order valence-electron chi connectivity index (χ2n) is 2.88. The number of aliphatic hydroxyl groups excluding tert-OH is 2. The Morgan fingerprint density at radius 3 is 2.27 bits per heavy atom. The van der Waals surface area contributed by atoms with Crippen molar-refractivity contribution in [3.8, 4) is 0 Å². The predicted molar refractivity (Wildman–Crippen MR) is 38.5 cm³/mol. The molecule has 0 saturated carbocycles. The molecule has 1 fully saturated rings. The van der Waals surface area contributed by atoms with Crippen molar-refractivity contribution in [3.63, 3.8) is 0 Å². The van der Waals surface area contributed by atoms with Gasteiger partial charge in [-0.15, -0.1) is 0 Å². The highest BCUT2D eigenvalue weighted by Crippen LogP contribution is 2.15. The summed E-state index contributed by atoms with van der Waals surface area (Å²) in [7, 11) is 0. The van der Waals surface area contributed by atoms with Crippen molar-refractivity contribution in [3.05, 3.63) is 0 Å². The third-order valence-corrected chi connectivity index (χ3v) is 2.01. The van der Waals surface area contributed by atoms with E-state index in [2.05, 4.69) is 0 Å². The van der Waals surface area contributed by atoms with E-state index in [1.165, 1.54) is 0 Å². The van der Waals surface area contributed by atoms with Gasteiger partial charge in [0.15, 0.2) is 6.29 Å². The van der Waals surface area contributed by atoms with Crippen LogP contribution in [-0.4, -0.2) is 40.8 Å². The fraction of sp³-hybridized carbons (Fsp3) is 1.00. The maximum absolute atomic E-state index is 9.30. The summed E-state index contributed by atoms with van der Waals surface area (Å²) in [5.41, 5.74) is 10.9. The Hall–Kier alpha value is -0.200. The van der Waals surface area contributed by atoms with Gasteiger partial charge in [0, 0.05) is 0 Å². The summed E-state index contributed by atoms with van der Waals surface area (Å²) >= 11 is 0. The normalized spacial score (nSPS) is 52.6. The summed E-state index contributed by atoms with van der Waals surface area (Å²) in [5, 5.41) is 18.4. The van der Waals surface area contributed by atoms with Crippen molar-refractivity contribution in [1.82, 2.24) is 0 Å². The summed E-state index contributed by atoms with van der Waals surface area (Å²) in [5.74, 6) is 0. The standard InChI is InChI=1S/C6H14N2O3/c1-2-3(7)5(9)4(8)6(10)11-2/h2-6,9-10H,7-8H2,1H3/t2-,3-,4+,5+,6+/m1/s1. The highest BCUT2D eigenvalue weighted by atomic mass is 16.6. The Bertz CT molecular complexity index is 130. The molecule has 0 radical (unpaired) electrons. The first kappa shape index (κ1) is 8.89. The Morgan fingerprint density at radius 1 is 1.18 bits per heavy atom. The van der Waals surface area contributed by atoms with Crippen LogP contribution in [0.3, 0.4) is 0 Å². The number of rotatable bonds is 0. The minimum atomic E-state index is -1.11. The van der Waals surface area contributed by atoms with E-state index in [4.69, 9.17) is 21.3 Å². The Kier molecular flexibility index (Phi) is 2.46. The monoisotopic (exact) mass is 162 g/mol. The van der Waals surface area contributed by atoms with Crippen LogP contribution in [0.15, 0.2) is 0 Å². The van der Waals surface area contributed by atoms with Gasteiger partial charge in [0.2, 0.25) is 0 Å². The van der Waals surface area contributed by atoms with E-state index in [0.29, 0.717) is 0 Å². The first-order chi connectivity index (χ1) is 5.04. The first-order valence-corrected chi connectivity index (χ1v) is 3.57. The van der Waals surface area contributed by atoms with Crippen molar-refractivity contribution < 1.29 is 14.9 Å². The Balaban J connectivity index is 2.63. The lowest BCUT2D eigenvalue weighted by molar-refractivity contribution is -0.202. The van der Waals surface area contributed by atoms with Crippen LogP contribution in [0.25, 0.3) is 0 Å². The van der Waals surface area contributed by atoms with Gasteiger partial charge >= 0.3 is 0 Å². The number of hydrogen-bond donors (Lipinski definition) is 4. The average Bonchev–Trinajstić information content (AvgIpc) is 1.97. The zero-order valence-corrected chi connectivity index (χ0v) is 6.34. The molecule has 1 saturated heterocycles. The van der Waals surface area contributed by atoms with Crippen molar-refractivity contribution in [2.24, 2.45) is 11.5 Å². The molecule has 5 atom stereocenters. The molecule has 0 unspecified atom stereocenters. The van der Waals surface area contributed by atoms with Gasteiger partial charge in [-0.1, -0.05) is 0 Å². The predicted octanol–water partition coefficient (Wildman–Crippen LogP) is -2.26. The van der Waals surface area contributed by atoms with Crippen LogP contribution in [0.4, 0.5) is 0 Å². The lowest BCUT2D eigenvalue weighted by Gasteiger charge is -2.38. The van der Waals surface area contributed by atoms with Gasteiger partial charge in [-0.3, -0.25) is 0 Å². The number of ether oxygens (including phenoxy) is 1. The fourth-order valence-electron chi connectivity index (χ4n) is 1.10. The largest absolute Gasteiger partial charge is 0.390 e. The smallest absolute Gasteiger partial charge is 0.172 e. The Morgan fingerprint density at radius 2 is 1.73 bits per heavy atom. The van der Waals surface area contributed by atoms with Crippen LogP contribution in [0.5, 0.6) is 0 Å². The molecule has 66 valence electrons. The van der Waals surface area contributed by atoms with Crippen LogP contribution in [0.1, 0.15) is 6.92 Å². The van der Waals surface area contributed by atoms with Crippen molar-refractivity contribution in [2.45, 2.75) is 37.5 Å². The number of aliphatic hydroxyl groups is 2. The van der Waals surface area contributed by atoms with Crippen LogP contribution in [0.2, 0.25) is 0 Å². The van der Waals surface area contributed by atoms with Gasteiger partial charge in [-0.05, 0) is 6.92 Å². The highest BCUT2D eigenvalue weighted by Gasteiger charge is 2.38. The fourth-order valence-corrected chi connectivity index (χ4v) is 1.10. The summed E-state index contributed by atoms with van der Waals surface area (Å²) < 4.78 is 4.93. The van der Waals surface area contributed by atoms with Gasteiger partial charge in [0.05, 0.1) is 24.3 Å². The van der Waals surface area contributed by atoms with Gasteiger partial charge in [0.25, 0.3) is 0 Å². The quantitative estimate of drug-likeness (QED) is 0.322. The molecule has 1 aliphatic heterocycles. The molecule has 0 amide bonds. The summed E-state index contributed by atoms with van der Waals surface area (Å²) in [6.07, 6.45) is -2.37. The summed E-state index contributed by atoms with van der Waals surface area (Å²) in [6.45, 7) is 1.68. The molecule has 0 bridgehead atoms. The first-order valence-electron chi connectivity index (χ1n) is 3.57. The van der Waals surface area contributed by atoms with Crippen molar-refractivity contribution in [2.75, 3.05) is 0 Å². The van der Waals surface area contributed by atoms with Crippen LogP contribution in [-0.2, 0) is 4.74 Å². The molecular formula is C6H14N2O3. The van der Waals surface area contributed by atoms with E-state index in [1.54, 1.807) is 6.92 Å². The van der Waals surface area contributed by atoms with Crippen LogP contribution in [0, 0.1) is 0 Å². The van der Waals surface area contributed by atoms with E-state index < -0.39 is 24.5 Å². The third-order valence-electron chi connectivity index (χ3n) is 2.01. The molecular weight excluding hydrogens is 148 g/mol. The molecule has 0 spiro atoms. The molecule has 0 aromatic heterocycles. The van der Waals surface area contributed by atoms with Gasteiger partial charge in [-0.2, -0.15) is 0 Å². The summed E-state index contributed by atoms with van der Waals surface area (Å²) in [4.78, 5) is 0. The molecule has 5 nitrogen and oxygen atoms in total. The lowest BCUT2D eigenvalue weighted by Crippen LogP contribution is -2.63. The van der Waals surface area contributed by atoms with E-state index in [9.17, 15) is 5.11 Å². The molecule has 11 heavy (non-hydrogen) atoms. The van der Waals surface area contributed by atoms with E-state index >= 15 is 0 Å². The van der Waals surface area contributed by atoms with E-state index in [1.807, 2.05) is 0 Å². The average molecular weight is 162 g/mol. The van der Waals surface area contributed by atoms with E-state index in [-0.39, 0.29) is 6.10 Å². The maximum atomic E-state index is 9.30. The minimum absolute atomic E-state index is 0.361. The van der Waals surface area contributed by atoms with Gasteiger partial charge in [-0.25, -0.2) is 0 Å². The molecule has 1 rings (SSSR count). The van der Waals surface area contributed by atoms with Gasteiger partial charge < -0.3 is 26.4 Å². The molecule has 1 heterocycles. The zero-order chi connectivity index (χ0) is 8.59. The molecule has 0 aromatic carbocycles. The molecule has 5 heteroatoms. The molecule has 0 aromatic rings. The molecule has 6 N–H and O–H groups in total. The van der Waals surface area contributed by atoms with Crippen LogP contribution >= 0.6 is 0 Å². The second kappa shape index (κ2) is 3.04. The topological polar surface area (TPSA) is 102 Å². The van der Waals surface area contributed by atoms with Crippen molar-refractivity contribution in [1.29, 1.82) is 0 Å². The number of nitrogens with two attached hydrogens (primary N) is 2. The number of hydrogen-bond acceptors (Lipinski definition) is 5. The SMILES string of the molecule is C[C@H]1O[C@H](O)[C@@H](N)[C@@H](O)[C@@H]1N.